The van der Waals surface area contributed by atoms with Gasteiger partial charge in [0.1, 0.15) is 12.2 Å². The summed E-state index contributed by atoms with van der Waals surface area (Å²) < 4.78 is 12.3. The van der Waals surface area contributed by atoms with Gasteiger partial charge in [0.25, 0.3) is 0 Å². The lowest BCUT2D eigenvalue weighted by molar-refractivity contribution is 0.120. The maximum absolute atomic E-state index is 11.4. The molecular weight excluding hydrogens is 698 g/mol. The highest BCUT2D eigenvalue weighted by atomic mass is 16.5. The van der Waals surface area contributed by atoms with Gasteiger partial charge >= 0.3 is 0 Å². The third-order valence-electron chi connectivity index (χ3n) is 12.2. The molecule has 5 rings (SSSR count). The van der Waals surface area contributed by atoms with Crippen LogP contribution in [0.4, 0.5) is 0 Å². The summed E-state index contributed by atoms with van der Waals surface area (Å²) in [6.07, 6.45) is 18.6. The fourth-order valence-electron chi connectivity index (χ4n) is 9.22. The van der Waals surface area contributed by atoms with Crippen LogP contribution in [0.1, 0.15) is 115 Å². The van der Waals surface area contributed by atoms with E-state index in [0.717, 1.165) is 100 Å². The maximum atomic E-state index is 11.4. The molecule has 0 amide bonds. The SMILES string of the molecule is C[C@H](O)CN[C@H](CCCO)[C@@H]1C2=C[C+]([C@@H](O)COc3cc(CCC4=C[C-](CO)C(CCCCCC[C@H](N)CCCO)O4)ccc3O)N=C2CC[C@H]2CCC[C@@H]21. The van der Waals surface area contributed by atoms with E-state index in [2.05, 4.69) is 11.4 Å². The van der Waals surface area contributed by atoms with E-state index in [1.165, 1.54) is 18.4 Å². The number of ether oxygens (including phenoxy) is 2. The molecule has 1 aromatic carbocycles. The molecular formula is C44H69N3O8. The zero-order valence-corrected chi connectivity index (χ0v) is 33.1. The zero-order chi connectivity index (χ0) is 39.2. The first-order chi connectivity index (χ1) is 26.7. The summed E-state index contributed by atoms with van der Waals surface area (Å²) >= 11 is 0. The second kappa shape index (κ2) is 22.2. The van der Waals surface area contributed by atoms with E-state index in [1.807, 2.05) is 18.2 Å². The van der Waals surface area contributed by atoms with Crippen LogP contribution in [0.3, 0.4) is 0 Å². The Morgan fingerprint density at radius 2 is 1.78 bits per heavy atom. The lowest BCUT2D eigenvalue weighted by Crippen LogP contribution is -2.44. The van der Waals surface area contributed by atoms with Crippen molar-refractivity contribution in [2.45, 2.75) is 146 Å². The van der Waals surface area contributed by atoms with Crippen LogP contribution in [-0.2, 0) is 11.2 Å². The molecule has 1 unspecified atom stereocenters. The molecule has 2 saturated carbocycles. The van der Waals surface area contributed by atoms with Gasteiger partial charge in [-0.2, -0.15) is 12.0 Å². The number of aromatic hydroxyl groups is 1. The molecule has 2 aliphatic carbocycles. The third-order valence-corrected chi connectivity index (χ3v) is 12.2. The van der Waals surface area contributed by atoms with Crippen molar-refractivity contribution in [2.24, 2.45) is 28.5 Å². The Kier molecular flexibility index (Phi) is 17.5. The molecule has 0 spiro atoms. The number of nitrogens with two attached hydrogens (primary N) is 1. The van der Waals surface area contributed by atoms with Gasteiger partial charge < -0.3 is 51.2 Å². The summed E-state index contributed by atoms with van der Waals surface area (Å²) in [4.78, 5) is 4.97. The van der Waals surface area contributed by atoms with Crippen LogP contribution in [0.2, 0.25) is 0 Å². The Bertz CT molecular complexity index is 1400. The van der Waals surface area contributed by atoms with Crippen molar-refractivity contribution in [1.29, 1.82) is 0 Å². The van der Waals surface area contributed by atoms with Crippen molar-refractivity contribution < 1.29 is 40.1 Å². The molecule has 2 heterocycles. The predicted molar refractivity (Wildman–Crippen MR) is 215 cm³/mol. The molecule has 11 heteroatoms. The van der Waals surface area contributed by atoms with Gasteiger partial charge in [0.15, 0.2) is 29.4 Å². The number of hydrogen-bond donors (Lipinski definition) is 8. The van der Waals surface area contributed by atoms with Crippen molar-refractivity contribution in [3.05, 3.63) is 59.2 Å². The number of phenols is 1. The lowest BCUT2D eigenvalue weighted by Gasteiger charge is -2.32. The van der Waals surface area contributed by atoms with Gasteiger partial charge in [-0.05, 0) is 94.2 Å². The highest BCUT2D eigenvalue weighted by Crippen LogP contribution is 2.49. The van der Waals surface area contributed by atoms with Crippen molar-refractivity contribution in [2.75, 3.05) is 33.0 Å². The van der Waals surface area contributed by atoms with E-state index in [1.54, 1.807) is 13.0 Å². The molecule has 2 fully saturated rings. The van der Waals surface area contributed by atoms with Crippen LogP contribution in [0, 0.1) is 29.7 Å². The molecule has 2 aliphatic heterocycles. The van der Waals surface area contributed by atoms with Gasteiger partial charge in [0.2, 0.25) is 0 Å². The van der Waals surface area contributed by atoms with E-state index < -0.39 is 12.2 Å². The average Bonchev–Trinajstić information content (AvgIpc) is 3.91. The molecule has 9 N–H and O–H groups in total. The molecule has 0 aromatic heterocycles. The Morgan fingerprint density at radius 3 is 2.56 bits per heavy atom. The second-order valence-corrected chi connectivity index (χ2v) is 16.4. The van der Waals surface area contributed by atoms with Crippen LogP contribution < -0.4 is 15.8 Å². The molecule has 1 aromatic rings. The Balaban J connectivity index is 1.12. The Hall–Kier alpha value is -2.77. The van der Waals surface area contributed by atoms with Crippen LogP contribution in [0.25, 0.3) is 0 Å². The first-order valence-corrected chi connectivity index (χ1v) is 21.2. The summed E-state index contributed by atoms with van der Waals surface area (Å²) in [7, 11) is 0. The van der Waals surface area contributed by atoms with Crippen LogP contribution in [-0.4, -0.2) is 99.7 Å². The van der Waals surface area contributed by atoms with Crippen LogP contribution in [0.5, 0.6) is 11.5 Å². The summed E-state index contributed by atoms with van der Waals surface area (Å²) in [5, 5.41) is 64.4. The number of allylic oxidation sites excluding steroid dienone is 1. The number of hydrogen-bond acceptors (Lipinski definition) is 11. The summed E-state index contributed by atoms with van der Waals surface area (Å²) in [6.45, 7) is 2.51. The van der Waals surface area contributed by atoms with Crippen molar-refractivity contribution in [3.63, 3.8) is 0 Å². The summed E-state index contributed by atoms with van der Waals surface area (Å²) in [5.41, 5.74) is 9.28. The number of aryl methyl sites for hydroxylation is 1. The molecule has 4 aliphatic rings. The zero-order valence-electron chi connectivity index (χ0n) is 33.1. The molecule has 308 valence electrons. The van der Waals surface area contributed by atoms with E-state index in [0.29, 0.717) is 49.4 Å². The predicted octanol–water partition coefficient (Wildman–Crippen LogP) is 5.21. The van der Waals surface area contributed by atoms with Gasteiger partial charge in [-0.15, -0.1) is 4.99 Å². The average molecular weight is 768 g/mol. The number of fused-ring (bicyclic) bond motifs is 2. The number of aliphatic imine (C=N–C) groups is 1. The number of aliphatic hydroxyl groups is 5. The Labute approximate surface area is 329 Å². The monoisotopic (exact) mass is 768 g/mol. The highest BCUT2D eigenvalue weighted by Gasteiger charge is 2.50. The number of aliphatic hydroxyl groups excluding tert-OH is 5. The topological polar surface area (TPSA) is 190 Å². The molecule has 0 bridgehead atoms. The molecule has 0 saturated heterocycles. The Morgan fingerprint density at radius 1 is 1.00 bits per heavy atom. The number of unbranched alkanes of at least 4 members (excludes halogenated alkanes) is 3. The van der Waals surface area contributed by atoms with E-state index in [4.69, 9.17) is 25.3 Å². The molecule has 0 radical (unpaired) electrons. The van der Waals surface area contributed by atoms with Gasteiger partial charge in [0.05, 0.1) is 18.1 Å². The smallest absolute Gasteiger partial charge is 0.189 e. The van der Waals surface area contributed by atoms with Gasteiger partial charge in [-0.25, -0.2) is 0 Å². The third kappa shape index (κ3) is 12.6. The standard InChI is InChI=1S/C44H69N3O8/c1-29(51)26-46-38(13-8-22-49)44-35-12-6-9-31(35)17-19-37-36(44)25-39(47-37)41(53)28-54-43-23-30(16-20-40(43)52)15-18-34-24-32(27-50)42(55-34)14-5-3-2-4-10-33(45)11-7-21-48/h16,20,23-25,29,31,33,35,38,41-42,44,46,48-53H,2-15,17-19,21-22,26-28,45H2,1H3/t29-,31+,33-,35-,38+,41-,42?,44-/m0/s1. The second-order valence-electron chi connectivity index (χ2n) is 16.4. The first-order valence-electron chi connectivity index (χ1n) is 21.2. The van der Waals surface area contributed by atoms with E-state index >= 15 is 0 Å². The normalized spacial score (nSPS) is 24.3. The first kappa shape index (κ1) is 43.4. The molecule has 11 nitrogen and oxygen atoms in total. The maximum Gasteiger partial charge on any atom is 0.189 e. The van der Waals surface area contributed by atoms with E-state index in [9.17, 15) is 25.5 Å². The van der Waals surface area contributed by atoms with Gasteiger partial charge in [-0.1, -0.05) is 56.8 Å². The fraction of sp³-hybridized carbons (Fsp3) is 0.705. The van der Waals surface area contributed by atoms with Crippen molar-refractivity contribution in [1.82, 2.24) is 5.32 Å². The quantitative estimate of drug-likeness (QED) is 0.0485. The minimum Gasteiger partial charge on any atom is -0.592 e. The van der Waals surface area contributed by atoms with Crippen LogP contribution in [0.15, 0.2) is 46.7 Å². The highest BCUT2D eigenvalue weighted by molar-refractivity contribution is 6.04. The summed E-state index contributed by atoms with van der Waals surface area (Å²) in [5.74, 6) is 3.38. The summed E-state index contributed by atoms with van der Waals surface area (Å²) in [6, 6.07) is 6.12. The number of nitrogens with one attached hydrogen (secondary N) is 1. The van der Waals surface area contributed by atoms with Crippen molar-refractivity contribution in [3.8, 4) is 11.5 Å². The minimum atomic E-state index is -0.979. The number of nitrogens with zero attached hydrogens (tertiary/aromatic N) is 1. The number of rotatable bonds is 25. The van der Waals surface area contributed by atoms with Gasteiger partial charge in [0, 0.05) is 51.0 Å². The fourth-order valence-corrected chi connectivity index (χ4v) is 9.22. The van der Waals surface area contributed by atoms with E-state index in [-0.39, 0.29) is 56.3 Å². The number of benzene rings is 1. The van der Waals surface area contributed by atoms with Gasteiger partial charge in [-0.3, -0.25) is 0 Å². The molecule has 55 heavy (non-hydrogen) atoms. The number of phenolic OH excluding ortho intramolecular Hbond substituents is 1. The lowest BCUT2D eigenvalue weighted by atomic mass is 9.74. The largest absolute Gasteiger partial charge is 0.592 e. The minimum absolute atomic E-state index is 0.00452. The van der Waals surface area contributed by atoms with Crippen molar-refractivity contribution >= 4 is 5.71 Å². The molecule has 8 atom stereocenters. The van der Waals surface area contributed by atoms with Crippen LogP contribution >= 0.6 is 0 Å².